The predicted molar refractivity (Wildman–Crippen MR) is 77.0 cm³/mol. The molecule has 0 bridgehead atoms. The number of ether oxygens (including phenoxy) is 1. The van der Waals surface area contributed by atoms with E-state index in [9.17, 15) is 8.42 Å². The van der Waals surface area contributed by atoms with Gasteiger partial charge in [-0.05, 0) is 17.5 Å². The summed E-state index contributed by atoms with van der Waals surface area (Å²) in [6, 6.07) is 8.21. The van der Waals surface area contributed by atoms with Crippen LogP contribution < -0.4 is 0 Å². The van der Waals surface area contributed by atoms with E-state index in [0.717, 1.165) is 44.7 Å². The molecule has 112 valence electrons. The van der Waals surface area contributed by atoms with Gasteiger partial charge >= 0.3 is 0 Å². The zero-order valence-electron chi connectivity index (χ0n) is 11.7. The minimum absolute atomic E-state index is 0.194. The maximum atomic E-state index is 10.9. The fourth-order valence-corrected chi connectivity index (χ4v) is 2.60. The molecule has 1 aliphatic rings. The van der Waals surface area contributed by atoms with Crippen molar-refractivity contribution in [3.05, 3.63) is 35.4 Å². The van der Waals surface area contributed by atoms with Crippen molar-refractivity contribution in [1.82, 2.24) is 4.90 Å². The van der Waals surface area contributed by atoms with Crippen molar-refractivity contribution < 1.29 is 17.3 Å². The van der Waals surface area contributed by atoms with Crippen LogP contribution >= 0.6 is 0 Å². The van der Waals surface area contributed by atoms with Gasteiger partial charge < -0.3 is 4.74 Å². The minimum atomic E-state index is -3.35. The maximum Gasteiger partial charge on any atom is 0.264 e. The number of hydrogen-bond donors (Lipinski definition) is 0. The van der Waals surface area contributed by atoms with E-state index < -0.39 is 10.1 Å². The minimum Gasteiger partial charge on any atom is -0.379 e. The van der Waals surface area contributed by atoms with E-state index >= 15 is 0 Å². The Bertz CT molecular complexity index is 524. The molecule has 1 aliphatic heterocycles. The largest absolute Gasteiger partial charge is 0.379 e. The molecule has 0 aromatic heterocycles. The number of morpholine rings is 1. The molecule has 20 heavy (non-hydrogen) atoms. The van der Waals surface area contributed by atoms with Gasteiger partial charge in [-0.15, -0.1) is 0 Å². The Morgan fingerprint density at radius 3 is 2.65 bits per heavy atom. The highest BCUT2D eigenvalue weighted by Crippen LogP contribution is 2.10. The van der Waals surface area contributed by atoms with Gasteiger partial charge in [0.05, 0.1) is 26.1 Å². The zero-order valence-corrected chi connectivity index (χ0v) is 12.6. The molecule has 0 unspecified atom stereocenters. The lowest BCUT2D eigenvalue weighted by molar-refractivity contribution is 0.0342. The molecule has 2 rings (SSSR count). The van der Waals surface area contributed by atoms with Crippen molar-refractivity contribution in [3.8, 4) is 0 Å². The van der Waals surface area contributed by atoms with Crippen LogP contribution in [0.5, 0.6) is 0 Å². The third-order valence-electron chi connectivity index (χ3n) is 3.19. The monoisotopic (exact) mass is 299 g/mol. The molecule has 1 heterocycles. The van der Waals surface area contributed by atoms with Crippen LogP contribution in [0.1, 0.15) is 11.1 Å². The van der Waals surface area contributed by atoms with Gasteiger partial charge in [0.15, 0.2) is 0 Å². The fourth-order valence-electron chi connectivity index (χ4n) is 2.21. The highest BCUT2D eigenvalue weighted by Gasteiger charge is 2.10. The Labute approximate surface area is 120 Å². The van der Waals surface area contributed by atoms with E-state index in [-0.39, 0.29) is 6.61 Å². The Morgan fingerprint density at radius 2 is 1.95 bits per heavy atom. The third-order valence-corrected chi connectivity index (χ3v) is 3.78. The van der Waals surface area contributed by atoms with Crippen LogP contribution in [-0.2, 0) is 32.0 Å². The molecule has 0 aliphatic carbocycles. The smallest absolute Gasteiger partial charge is 0.264 e. The van der Waals surface area contributed by atoms with Gasteiger partial charge in [0.1, 0.15) is 0 Å². The van der Waals surface area contributed by atoms with Gasteiger partial charge in [-0.3, -0.25) is 9.08 Å². The number of nitrogens with zero attached hydrogens (tertiary/aromatic N) is 1. The molecule has 5 nitrogen and oxygen atoms in total. The molecule has 0 N–H and O–H groups in total. The van der Waals surface area contributed by atoms with E-state index in [0.29, 0.717) is 6.42 Å². The van der Waals surface area contributed by atoms with Gasteiger partial charge in [0, 0.05) is 19.6 Å². The molecular formula is C14H21NO4S. The van der Waals surface area contributed by atoms with Gasteiger partial charge in [-0.1, -0.05) is 24.3 Å². The summed E-state index contributed by atoms with van der Waals surface area (Å²) < 4.78 is 31.9. The maximum absolute atomic E-state index is 10.9. The first kappa shape index (κ1) is 15.4. The fraction of sp³-hybridized carbons (Fsp3) is 0.571. The Balaban J connectivity index is 1.86. The quantitative estimate of drug-likeness (QED) is 0.735. The van der Waals surface area contributed by atoms with Crippen molar-refractivity contribution >= 4 is 10.1 Å². The van der Waals surface area contributed by atoms with E-state index in [4.69, 9.17) is 8.92 Å². The first-order valence-corrected chi connectivity index (χ1v) is 8.57. The average molecular weight is 299 g/mol. The summed E-state index contributed by atoms with van der Waals surface area (Å²) >= 11 is 0. The van der Waals surface area contributed by atoms with Gasteiger partial charge in [0.2, 0.25) is 0 Å². The summed E-state index contributed by atoms with van der Waals surface area (Å²) in [6.07, 6.45) is 1.67. The Hall–Kier alpha value is -0.950. The van der Waals surface area contributed by atoms with Crippen molar-refractivity contribution in [1.29, 1.82) is 0 Å². The normalized spacial score (nSPS) is 17.2. The molecule has 0 amide bonds. The lowest BCUT2D eigenvalue weighted by Gasteiger charge is -2.26. The SMILES string of the molecule is CS(=O)(=O)OCCc1cccc(CN2CCOCC2)c1. The van der Waals surface area contributed by atoms with Gasteiger partial charge in [0.25, 0.3) is 10.1 Å². The molecular weight excluding hydrogens is 278 g/mol. The number of rotatable bonds is 6. The van der Waals surface area contributed by atoms with Gasteiger partial charge in [-0.25, -0.2) is 0 Å². The molecule has 1 aromatic rings. The molecule has 1 fully saturated rings. The van der Waals surface area contributed by atoms with Crippen LogP contribution in [0.4, 0.5) is 0 Å². The molecule has 0 saturated carbocycles. The topological polar surface area (TPSA) is 55.8 Å². The molecule has 0 radical (unpaired) electrons. The summed E-state index contributed by atoms with van der Waals surface area (Å²) in [5, 5.41) is 0. The lowest BCUT2D eigenvalue weighted by Crippen LogP contribution is -2.35. The molecule has 0 spiro atoms. The number of hydrogen-bond acceptors (Lipinski definition) is 5. The predicted octanol–water partition coefficient (Wildman–Crippen LogP) is 1.04. The summed E-state index contributed by atoms with van der Waals surface area (Å²) in [4.78, 5) is 2.36. The third kappa shape index (κ3) is 5.58. The summed E-state index contributed by atoms with van der Waals surface area (Å²) in [5.41, 5.74) is 2.34. The highest BCUT2D eigenvalue weighted by atomic mass is 32.2. The highest BCUT2D eigenvalue weighted by molar-refractivity contribution is 7.85. The second-order valence-electron chi connectivity index (χ2n) is 4.98. The van der Waals surface area contributed by atoms with Crippen molar-refractivity contribution in [3.63, 3.8) is 0 Å². The van der Waals surface area contributed by atoms with Crippen molar-refractivity contribution in [2.75, 3.05) is 39.2 Å². The average Bonchev–Trinajstić information content (AvgIpc) is 2.39. The summed E-state index contributed by atoms with van der Waals surface area (Å²) in [5.74, 6) is 0. The summed E-state index contributed by atoms with van der Waals surface area (Å²) in [7, 11) is -3.35. The van der Waals surface area contributed by atoms with Crippen molar-refractivity contribution in [2.24, 2.45) is 0 Å². The Kier molecular flexibility index (Phi) is 5.54. The second kappa shape index (κ2) is 7.17. The Morgan fingerprint density at radius 1 is 1.25 bits per heavy atom. The first-order valence-electron chi connectivity index (χ1n) is 6.75. The molecule has 1 saturated heterocycles. The van der Waals surface area contributed by atoms with Crippen LogP contribution in [0, 0.1) is 0 Å². The second-order valence-corrected chi connectivity index (χ2v) is 6.63. The van der Waals surface area contributed by atoms with Crippen LogP contribution in [0.2, 0.25) is 0 Å². The van der Waals surface area contributed by atoms with E-state index in [1.807, 2.05) is 12.1 Å². The van der Waals surface area contributed by atoms with Crippen LogP contribution in [0.3, 0.4) is 0 Å². The van der Waals surface area contributed by atoms with Crippen LogP contribution in [-0.4, -0.2) is 52.5 Å². The first-order chi connectivity index (χ1) is 9.53. The van der Waals surface area contributed by atoms with Crippen molar-refractivity contribution in [2.45, 2.75) is 13.0 Å². The van der Waals surface area contributed by atoms with E-state index in [1.54, 1.807) is 0 Å². The van der Waals surface area contributed by atoms with Gasteiger partial charge in [-0.2, -0.15) is 8.42 Å². The number of benzene rings is 1. The van der Waals surface area contributed by atoms with E-state index in [1.165, 1.54) is 5.56 Å². The standard InChI is InChI=1S/C14H21NO4S/c1-20(16,17)19-8-5-13-3-2-4-14(11-13)12-15-6-9-18-10-7-15/h2-4,11H,5-10,12H2,1H3. The van der Waals surface area contributed by atoms with Crippen LogP contribution in [0.15, 0.2) is 24.3 Å². The zero-order chi connectivity index (χ0) is 14.4. The van der Waals surface area contributed by atoms with E-state index in [2.05, 4.69) is 17.0 Å². The summed E-state index contributed by atoms with van der Waals surface area (Å²) in [6.45, 7) is 4.61. The molecule has 0 atom stereocenters. The lowest BCUT2D eigenvalue weighted by atomic mass is 10.1. The molecule has 1 aromatic carbocycles. The van der Waals surface area contributed by atoms with Crippen LogP contribution in [0.25, 0.3) is 0 Å². The molecule has 6 heteroatoms.